The van der Waals surface area contributed by atoms with Gasteiger partial charge in [-0.1, -0.05) is 27.4 Å². The molecule has 1 fully saturated rings. The van der Waals surface area contributed by atoms with E-state index in [-0.39, 0.29) is 17.1 Å². The number of halogens is 1. The van der Waals surface area contributed by atoms with Gasteiger partial charge in [-0.15, -0.1) is 0 Å². The molecule has 1 N–H and O–H groups in total. The lowest BCUT2D eigenvalue weighted by molar-refractivity contribution is -0.122. The Hall–Kier alpha value is -1.71. The Kier molecular flexibility index (Phi) is 3.43. The van der Waals surface area contributed by atoms with Crippen LogP contribution in [0.1, 0.15) is 50.8 Å². The summed E-state index contributed by atoms with van der Waals surface area (Å²) in [5.74, 6) is -1.01. The molecular formula is C15H19FN2O. The first-order valence-electron chi connectivity index (χ1n) is 6.43. The summed E-state index contributed by atoms with van der Waals surface area (Å²) in [6, 6.07) is 1.44. The SMILES string of the molecule is C=C1CCC(c2cnc(C(C)(C)C)cc2F)C(=O)N1. The summed E-state index contributed by atoms with van der Waals surface area (Å²) in [6.45, 7) is 9.65. The normalized spacial score (nSPS) is 20.3. The molecule has 1 aliphatic rings. The van der Waals surface area contributed by atoms with E-state index in [0.29, 0.717) is 29.8 Å². The van der Waals surface area contributed by atoms with Crippen LogP contribution in [0.2, 0.25) is 0 Å². The molecule has 4 heteroatoms. The minimum atomic E-state index is -0.466. The maximum Gasteiger partial charge on any atom is 0.231 e. The molecule has 0 aliphatic carbocycles. The van der Waals surface area contributed by atoms with Gasteiger partial charge in [0.15, 0.2) is 0 Å². The lowest BCUT2D eigenvalue weighted by atomic mass is 9.87. The first-order chi connectivity index (χ1) is 8.79. The molecule has 0 aromatic carbocycles. The van der Waals surface area contributed by atoms with Crippen LogP contribution < -0.4 is 5.32 Å². The summed E-state index contributed by atoms with van der Waals surface area (Å²) in [4.78, 5) is 16.2. The number of nitrogens with one attached hydrogen (secondary N) is 1. The highest BCUT2D eigenvalue weighted by Gasteiger charge is 2.29. The highest BCUT2D eigenvalue weighted by molar-refractivity contribution is 5.86. The van der Waals surface area contributed by atoms with Crippen molar-refractivity contribution < 1.29 is 9.18 Å². The number of hydrogen-bond acceptors (Lipinski definition) is 2. The first-order valence-corrected chi connectivity index (χ1v) is 6.43. The summed E-state index contributed by atoms with van der Waals surface area (Å²) < 4.78 is 14.2. The van der Waals surface area contributed by atoms with Gasteiger partial charge < -0.3 is 5.32 Å². The molecule has 19 heavy (non-hydrogen) atoms. The molecule has 1 atom stereocenters. The van der Waals surface area contributed by atoms with E-state index < -0.39 is 5.92 Å². The smallest absolute Gasteiger partial charge is 0.231 e. The Balaban J connectivity index is 2.31. The molecule has 1 aliphatic heterocycles. The van der Waals surface area contributed by atoms with Crippen molar-refractivity contribution in [3.8, 4) is 0 Å². The van der Waals surface area contributed by atoms with Crippen molar-refractivity contribution in [2.24, 2.45) is 0 Å². The van der Waals surface area contributed by atoms with Gasteiger partial charge in [-0.3, -0.25) is 9.78 Å². The van der Waals surface area contributed by atoms with Crippen LogP contribution in [0.15, 0.2) is 24.5 Å². The predicted molar refractivity (Wildman–Crippen MR) is 72.2 cm³/mol. The summed E-state index contributed by atoms with van der Waals surface area (Å²) in [6.07, 6.45) is 2.75. The van der Waals surface area contributed by atoms with Gasteiger partial charge in [0.2, 0.25) is 5.91 Å². The number of rotatable bonds is 1. The molecule has 1 unspecified atom stereocenters. The van der Waals surface area contributed by atoms with E-state index in [0.717, 1.165) is 0 Å². The lowest BCUT2D eigenvalue weighted by Gasteiger charge is -2.25. The van der Waals surface area contributed by atoms with Crippen LogP contribution in [-0.4, -0.2) is 10.9 Å². The van der Waals surface area contributed by atoms with Gasteiger partial charge in [-0.25, -0.2) is 4.39 Å². The summed E-state index contributed by atoms with van der Waals surface area (Å²) >= 11 is 0. The molecule has 1 aromatic rings. The van der Waals surface area contributed by atoms with Crippen molar-refractivity contribution >= 4 is 5.91 Å². The van der Waals surface area contributed by atoms with Crippen LogP contribution in [0.3, 0.4) is 0 Å². The Labute approximate surface area is 112 Å². The first kappa shape index (κ1) is 13.7. The number of carbonyl (C=O) groups is 1. The molecule has 1 saturated heterocycles. The summed E-state index contributed by atoms with van der Waals surface area (Å²) in [7, 11) is 0. The van der Waals surface area contributed by atoms with E-state index in [1.807, 2.05) is 20.8 Å². The van der Waals surface area contributed by atoms with Crippen LogP contribution in [0.5, 0.6) is 0 Å². The molecule has 1 aromatic heterocycles. The van der Waals surface area contributed by atoms with Crippen molar-refractivity contribution in [1.29, 1.82) is 0 Å². The number of carbonyl (C=O) groups excluding carboxylic acids is 1. The fourth-order valence-corrected chi connectivity index (χ4v) is 2.18. The summed E-state index contributed by atoms with van der Waals surface area (Å²) in [5.41, 5.74) is 1.55. The maximum atomic E-state index is 14.2. The Morgan fingerprint density at radius 3 is 2.68 bits per heavy atom. The third-order valence-corrected chi connectivity index (χ3v) is 3.38. The zero-order valence-corrected chi connectivity index (χ0v) is 11.6. The van der Waals surface area contributed by atoms with E-state index >= 15 is 0 Å². The Morgan fingerprint density at radius 1 is 1.47 bits per heavy atom. The van der Waals surface area contributed by atoms with E-state index in [1.165, 1.54) is 12.3 Å². The van der Waals surface area contributed by atoms with Gasteiger partial charge in [0.05, 0.1) is 5.92 Å². The predicted octanol–water partition coefficient (Wildman–Crippen LogP) is 3.03. The van der Waals surface area contributed by atoms with Crippen LogP contribution in [0.4, 0.5) is 4.39 Å². The van der Waals surface area contributed by atoms with Crippen molar-refractivity contribution in [2.75, 3.05) is 0 Å². The summed E-state index contributed by atoms with van der Waals surface area (Å²) in [5, 5.41) is 2.67. The Bertz CT molecular complexity index is 531. The maximum absolute atomic E-state index is 14.2. The van der Waals surface area contributed by atoms with Crippen molar-refractivity contribution in [3.63, 3.8) is 0 Å². The number of aromatic nitrogens is 1. The standard InChI is InChI=1S/C15H19FN2O/c1-9-5-6-10(14(19)18-9)11-8-17-13(7-12(11)16)15(2,3)4/h7-8,10H,1,5-6H2,2-4H3,(H,18,19). The second kappa shape index (κ2) is 4.76. The molecule has 0 bridgehead atoms. The van der Waals surface area contributed by atoms with Gasteiger partial charge in [-0.05, 0) is 18.9 Å². The number of amides is 1. The van der Waals surface area contributed by atoms with E-state index in [1.54, 1.807) is 0 Å². The molecule has 2 rings (SSSR count). The largest absolute Gasteiger partial charge is 0.330 e. The minimum Gasteiger partial charge on any atom is -0.330 e. The third-order valence-electron chi connectivity index (χ3n) is 3.38. The Morgan fingerprint density at radius 2 is 2.16 bits per heavy atom. The molecule has 1 amide bonds. The van der Waals surface area contributed by atoms with Gasteiger partial charge in [0, 0.05) is 28.6 Å². The number of hydrogen-bond donors (Lipinski definition) is 1. The van der Waals surface area contributed by atoms with E-state index in [4.69, 9.17) is 0 Å². The van der Waals surface area contributed by atoms with Gasteiger partial charge in [0.1, 0.15) is 5.82 Å². The molecule has 0 saturated carbocycles. The molecular weight excluding hydrogens is 243 g/mol. The second-order valence-corrected chi connectivity index (χ2v) is 6.03. The number of nitrogens with zero attached hydrogens (tertiary/aromatic N) is 1. The van der Waals surface area contributed by atoms with Crippen LogP contribution in [-0.2, 0) is 10.2 Å². The van der Waals surface area contributed by atoms with Gasteiger partial charge >= 0.3 is 0 Å². The van der Waals surface area contributed by atoms with Gasteiger partial charge in [-0.2, -0.15) is 0 Å². The molecule has 102 valence electrons. The average molecular weight is 262 g/mol. The van der Waals surface area contributed by atoms with Crippen molar-refractivity contribution in [2.45, 2.75) is 44.9 Å². The average Bonchev–Trinajstić information content (AvgIpc) is 2.28. The second-order valence-electron chi connectivity index (χ2n) is 6.03. The fourth-order valence-electron chi connectivity index (χ4n) is 2.18. The monoisotopic (exact) mass is 262 g/mol. The highest BCUT2D eigenvalue weighted by Crippen LogP contribution is 2.30. The zero-order chi connectivity index (χ0) is 14.2. The molecule has 2 heterocycles. The van der Waals surface area contributed by atoms with Gasteiger partial charge in [0.25, 0.3) is 0 Å². The molecule has 0 radical (unpaired) electrons. The quantitative estimate of drug-likeness (QED) is 0.845. The number of piperidine rings is 1. The molecule has 3 nitrogen and oxygen atoms in total. The van der Waals surface area contributed by atoms with Crippen LogP contribution in [0, 0.1) is 5.82 Å². The molecule has 0 spiro atoms. The fraction of sp³-hybridized carbons (Fsp3) is 0.467. The topological polar surface area (TPSA) is 42.0 Å². The number of allylic oxidation sites excluding steroid dienone is 1. The lowest BCUT2D eigenvalue weighted by Crippen LogP contribution is -2.33. The van der Waals surface area contributed by atoms with E-state index in [2.05, 4.69) is 16.9 Å². The van der Waals surface area contributed by atoms with Crippen LogP contribution in [0.25, 0.3) is 0 Å². The highest BCUT2D eigenvalue weighted by atomic mass is 19.1. The van der Waals surface area contributed by atoms with Crippen molar-refractivity contribution in [1.82, 2.24) is 10.3 Å². The number of pyridine rings is 1. The van der Waals surface area contributed by atoms with E-state index in [9.17, 15) is 9.18 Å². The zero-order valence-electron chi connectivity index (χ0n) is 11.6. The van der Waals surface area contributed by atoms with Crippen molar-refractivity contribution in [3.05, 3.63) is 41.6 Å². The third kappa shape index (κ3) is 2.83. The van der Waals surface area contributed by atoms with Crippen LogP contribution >= 0.6 is 0 Å². The minimum absolute atomic E-state index is 0.194.